The van der Waals surface area contributed by atoms with Gasteiger partial charge in [0, 0.05) is 13.2 Å². The Balaban J connectivity index is 1.93. The standard InChI is InChI=1S/C15H16N2O2/c1-12-5-7-14(8-6-12)19-11-15(18)17(2)13-4-3-9-16-10-13/h3-10H,11H2,1-2H3. The summed E-state index contributed by atoms with van der Waals surface area (Å²) in [6.45, 7) is 2.01. The van der Waals surface area contributed by atoms with Crippen molar-refractivity contribution in [1.29, 1.82) is 0 Å². The van der Waals surface area contributed by atoms with Crippen molar-refractivity contribution in [3.63, 3.8) is 0 Å². The number of hydrogen-bond donors (Lipinski definition) is 0. The van der Waals surface area contributed by atoms with Crippen molar-refractivity contribution < 1.29 is 9.53 Å². The summed E-state index contributed by atoms with van der Waals surface area (Å²) in [6, 6.07) is 11.2. The molecule has 2 rings (SSSR count). The van der Waals surface area contributed by atoms with E-state index >= 15 is 0 Å². The lowest BCUT2D eigenvalue weighted by molar-refractivity contribution is -0.120. The number of anilines is 1. The van der Waals surface area contributed by atoms with Crippen LogP contribution in [-0.4, -0.2) is 24.5 Å². The molecule has 0 unspecified atom stereocenters. The average Bonchev–Trinajstić information content (AvgIpc) is 2.46. The summed E-state index contributed by atoms with van der Waals surface area (Å²) in [4.78, 5) is 17.5. The van der Waals surface area contributed by atoms with Crippen LogP contribution in [0.15, 0.2) is 48.8 Å². The second-order valence-corrected chi connectivity index (χ2v) is 4.27. The molecule has 0 atom stereocenters. The number of aryl methyl sites for hydroxylation is 1. The number of nitrogens with zero attached hydrogens (tertiary/aromatic N) is 2. The SMILES string of the molecule is Cc1ccc(OCC(=O)N(C)c2cccnc2)cc1. The van der Waals surface area contributed by atoms with Crippen LogP contribution in [-0.2, 0) is 4.79 Å². The van der Waals surface area contributed by atoms with Gasteiger partial charge in [-0.25, -0.2) is 0 Å². The third-order valence-corrected chi connectivity index (χ3v) is 2.79. The van der Waals surface area contributed by atoms with Gasteiger partial charge in [-0.3, -0.25) is 9.78 Å². The van der Waals surface area contributed by atoms with E-state index in [1.165, 1.54) is 4.90 Å². The highest BCUT2D eigenvalue weighted by atomic mass is 16.5. The molecule has 1 heterocycles. The zero-order valence-corrected chi connectivity index (χ0v) is 11.0. The van der Waals surface area contributed by atoms with Crippen molar-refractivity contribution >= 4 is 11.6 Å². The number of aromatic nitrogens is 1. The maximum atomic E-state index is 12.0. The normalized spacial score (nSPS) is 10.0. The first kappa shape index (κ1) is 13.1. The lowest BCUT2D eigenvalue weighted by Gasteiger charge is -2.17. The second kappa shape index (κ2) is 6.00. The zero-order valence-electron chi connectivity index (χ0n) is 11.0. The molecule has 0 bridgehead atoms. The Kier molecular flexibility index (Phi) is 4.13. The van der Waals surface area contributed by atoms with E-state index in [9.17, 15) is 4.79 Å². The summed E-state index contributed by atoms with van der Waals surface area (Å²) in [5, 5.41) is 0. The van der Waals surface area contributed by atoms with Crippen LogP contribution in [0.25, 0.3) is 0 Å². The highest BCUT2D eigenvalue weighted by Crippen LogP contribution is 2.13. The van der Waals surface area contributed by atoms with Gasteiger partial charge in [0.1, 0.15) is 5.75 Å². The average molecular weight is 256 g/mol. The lowest BCUT2D eigenvalue weighted by atomic mass is 10.2. The van der Waals surface area contributed by atoms with Crippen LogP contribution in [0.5, 0.6) is 5.75 Å². The largest absolute Gasteiger partial charge is 0.484 e. The molecule has 0 spiro atoms. The topological polar surface area (TPSA) is 42.4 Å². The molecule has 0 aliphatic rings. The first-order chi connectivity index (χ1) is 9.16. The fraction of sp³-hybridized carbons (Fsp3) is 0.200. The quantitative estimate of drug-likeness (QED) is 0.843. The van der Waals surface area contributed by atoms with Gasteiger partial charge in [0.2, 0.25) is 0 Å². The van der Waals surface area contributed by atoms with Crippen LogP contribution >= 0.6 is 0 Å². The van der Waals surface area contributed by atoms with Crippen LogP contribution in [0.2, 0.25) is 0 Å². The van der Waals surface area contributed by atoms with E-state index in [4.69, 9.17) is 4.74 Å². The fourth-order valence-corrected chi connectivity index (χ4v) is 1.57. The molecule has 0 radical (unpaired) electrons. The summed E-state index contributed by atoms with van der Waals surface area (Å²) in [5.41, 5.74) is 1.91. The minimum atomic E-state index is -0.117. The summed E-state index contributed by atoms with van der Waals surface area (Å²) in [6.07, 6.45) is 3.31. The van der Waals surface area contributed by atoms with Crippen LogP contribution < -0.4 is 9.64 Å². The number of pyridine rings is 1. The molecule has 2 aromatic rings. The molecule has 4 nitrogen and oxygen atoms in total. The molecule has 98 valence electrons. The van der Waals surface area contributed by atoms with E-state index in [-0.39, 0.29) is 12.5 Å². The van der Waals surface area contributed by atoms with Gasteiger partial charge in [0.15, 0.2) is 6.61 Å². The van der Waals surface area contributed by atoms with Gasteiger partial charge in [0.25, 0.3) is 5.91 Å². The van der Waals surface area contributed by atoms with Crippen LogP contribution in [0, 0.1) is 6.92 Å². The molecule has 0 saturated heterocycles. The number of rotatable bonds is 4. The number of ether oxygens (including phenoxy) is 1. The molecule has 1 aromatic heterocycles. The minimum absolute atomic E-state index is 0.00839. The van der Waals surface area contributed by atoms with E-state index in [0.29, 0.717) is 5.75 Å². The molecule has 0 saturated carbocycles. The van der Waals surface area contributed by atoms with Crippen molar-refractivity contribution in [1.82, 2.24) is 4.98 Å². The first-order valence-electron chi connectivity index (χ1n) is 6.03. The van der Waals surface area contributed by atoms with Gasteiger partial charge < -0.3 is 9.64 Å². The Bertz CT molecular complexity index is 538. The molecule has 0 N–H and O–H groups in total. The number of carbonyl (C=O) groups excluding carboxylic acids is 1. The smallest absolute Gasteiger partial charge is 0.264 e. The zero-order chi connectivity index (χ0) is 13.7. The van der Waals surface area contributed by atoms with Crippen LogP contribution in [0.4, 0.5) is 5.69 Å². The highest BCUT2D eigenvalue weighted by molar-refractivity contribution is 5.93. The van der Waals surface area contributed by atoms with Gasteiger partial charge in [-0.05, 0) is 31.2 Å². The van der Waals surface area contributed by atoms with E-state index in [0.717, 1.165) is 11.3 Å². The number of amides is 1. The molecular weight excluding hydrogens is 240 g/mol. The minimum Gasteiger partial charge on any atom is -0.484 e. The third-order valence-electron chi connectivity index (χ3n) is 2.79. The van der Waals surface area contributed by atoms with Crippen molar-refractivity contribution in [2.45, 2.75) is 6.92 Å². The van der Waals surface area contributed by atoms with Gasteiger partial charge >= 0.3 is 0 Å². The van der Waals surface area contributed by atoms with Crippen molar-refractivity contribution in [2.24, 2.45) is 0 Å². The van der Waals surface area contributed by atoms with E-state index in [1.807, 2.05) is 37.3 Å². The van der Waals surface area contributed by atoms with Gasteiger partial charge in [0.05, 0.1) is 11.9 Å². The molecule has 1 aromatic carbocycles. The Morgan fingerprint density at radius 3 is 2.63 bits per heavy atom. The Hall–Kier alpha value is -2.36. The number of carbonyl (C=O) groups is 1. The van der Waals surface area contributed by atoms with Gasteiger partial charge in [-0.15, -0.1) is 0 Å². The molecule has 4 heteroatoms. The summed E-state index contributed by atoms with van der Waals surface area (Å²) in [7, 11) is 1.71. The van der Waals surface area contributed by atoms with E-state index in [1.54, 1.807) is 25.5 Å². The van der Waals surface area contributed by atoms with Gasteiger partial charge in [-0.2, -0.15) is 0 Å². The Morgan fingerprint density at radius 1 is 1.26 bits per heavy atom. The third kappa shape index (κ3) is 3.55. The summed E-state index contributed by atoms with van der Waals surface area (Å²) in [5.74, 6) is 0.576. The molecule has 1 amide bonds. The van der Waals surface area contributed by atoms with E-state index < -0.39 is 0 Å². The second-order valence-electron chi connectivity index (χ2n) is 4.27. The van der Waals surface area contributed by atoms with Gasteiger partial charge in [-0.1, -0.05) is 17.7 Å². The number of hydrogen-bond acceptors (Lipinski definition) is 3. The number of likely N-dealkylation sites (N-methyl/N-ethyl adjacent to an activating group) is 1. The van der Waals surface area contributed by atoms with Crippen molar-refractivity contribution in [2.75, 3.05) is 18.6 Å². The fourth-order valence-electron chi connectivity index (χ4n) is 1.57. The lowest BCUT2D eigenvalue weighted by Crippen LogP contribution is -2.31. The Labute approximate surface area is 112 Å². The summed E-state index contributed by atoms with van der Waals surface area (Å²) < 4.78 is 5.45. The van der Waals surface area contributed by atoms with E-state index in [2.05, 4.69) is 4.98 Å². The predicted octanol–water partition coefficient (Wildman–Crippen LogP) is 2.43. The predicted molar refractivity (Wildman–Crippen MR) is 74.3 cm³/mol. The summed E-state index contributed by atoms with van der Waals surface area (Å²) >= 11 is 0. The maximum Gasteiger partial charge on any atom is 0.264 e. The molecule has 0 aliphatic heterocycles. The van der Waals surface area contributed by atoms with Crippen molar-refractivity contribution in [3.8, 4) is 5.75 Å². The first-order valence-corrected chi connectivity index (χ1v) is 6.03. The maximum absolute atomic E-state index is 12.0. The molecule has 0 fully saturated rings. The highest BCUT2D eigenvalue weighted by Gasteiger charge is 2.11. The molecular formula is C15H16N2O2. The van der Waals surface area contributed by atoms with Crippen molar-refractivity contribution in [3.05, 3.63) is 54.4 Å². The molecule has 0 aliphatic carbocycles. The number of benzene rings is 1. The monoisotopic (exact) mass is 256 g/mol. The van der Waals surface area contributed by atoms with Crippen LogP contribution in [0.3, 0.4) is 0 Å². The van der Waals surface area contributed by atoms with Crippen LogP contribution in [0.1, 0.15) is 5.56 Å². The molecule has 19 heavy (non-hydrogen) atoms. The Morgan fingerprint density at radius 2 is 2.00 bits per heavy atom.